The van der Waals surface area contributed by atoms with Gasteiger partial charge in [0.25, 0.3) is 5.91 Å². The third kappa shape index (κ3) is 7.63. The van der Waals surface area contributed by atoms with Crippen molar-refractivity contribution in [3.63, 3.8) is 0 Å². The second-order valence-corrected chi connectivity index (χ2v) is 9.80. The van der Waals surface area contributed by atoms with Gasteiger partial charge in [0.1, 0.15) is 5.65 Å². The van der Waals surface area contributed by atoms with Crippen molar-refractivity contribution < 1.29 is 4.79 Å². The van der Waals surface area contributed by atoms with Crippen LogP contribution in [0.4, 0.5) is 0 Å². The predicted molar refractivity (Wildman–Crippen MR) is 156 cm³/mol. The topological polar surface area (TPSA) is 52.9 Å². The van der Waals surface area contributed by atoms with Crippen molar-refractivity contribution in [3.05, 3.63) is 70.9 Å². The van der Waals surface area contributed by atoms with Crippen LogP contribution in [-0.2, 0) is 11.2 Å². The smallest absolute Gasteiger partial charge is 0.258 e. The van der Waals surface area contributed by atoms with Crippen LogP contribution in [0, 0.1) is 0 Å². The Balaban J connectivity index is 0.00000152. The number of halogens is 3. The summed E-state index contributed by atoms with van der Waals surface area (Å²) in [6.45, 7) is 7.45. The standard InChI is InChI=1S/C26H31N5OS.3ClH/c32-26(23-19-22-20-28-24-10-4-11-25(33-23)31(22)24)27-12-6-14-30-17-15-29(16-18-30)13-5-9-21-7-2-1-3-8-21;;;/h1-4,7-8,10-11,19-20H,5-6,9,12-18H2,(H,27,32);3*1H. The van der Waals surface area contributed by atoms with Gasteiger partial charge in [-0.05, 0) is 56.1 Å². The van der Waals surface area contributed by atoms with Gasteiger partial charge in [0, 0.05) is 32.7 Å². The summed E-state index contributed by atoms with van der Waals surface area (Å²) >= 11 is 1.51. The van der Waals surface area contributed by atoms with E-state index in [0.717, 1.165) is 66.8 Å². The van der Waals surface area contributed by atoms with Gasteiger partial charge in [0.15, 0.2) is 0 Å². The number of imidazole rings is 1. The summed E-state index contributed by atoms with van der Waals surface area (Å²) in [7, 11) is 0. The average Bonchev–Trinajstić information content (AvgIpc) is 3.28. The predicted octanol–water partition coefficient (Wildman–Crippen LogP) is 4.80. The number of pyridine rings is 1. The summed E-state index contributed by atoms with van der Waals surface area (Å²) in [5.41, 5.74) is 3.32. The SMILES string of the molecule is Cl.Cl.Cl.O=C(NCCCN1CCN(CCCc2ccccc2)CC1)C1=Cc2cnc3cccc(n23)S1. The Bertz CT molecular complexity index is 1130. The number of carbonyl (C=O) groups excluding carboxylic acids is 1. The first-order valence-corrected chi connectivity index (χ1v) is 12.7. The van der Waals surface area contributed by atoms with E-state index < -0.39 is 0 Å². The van der Waals surface area contributed by atoms with Crippen molar-refractivity contribution in [1.82, 2.24) is 24.5 Å². The maximum absolute atomic E-state index is 12.7. The largest absolute Gasteiger partial charge is 0.352 e. The first kappa shape index (κ1) is 30.5. The number of nitrogens with one attached hydrogen (secondary N) is 1. The van der Waals surface area contributed by atoms with Crippen LogP contribution in [-0.4, -0.2) is 70.9 Å². The third-order valence-corrected chi connectivity index (χ3v) is 7.47. The van der Waals surface area contributed by atoms with E-state index in [-0.39, 0.29) is 43.1 Å². The summed E-state index contributed by atoms with van der Waals surface area (Å²) < 4.78 is 2.09. The van der Waals surface area contributed by atoms with E-state index in [1.807, 2.05) is 30.5 Å². The van der Waals surface area contributed by atoms with Crippen LogP contribution in [0.25, 0.3) is 11.7 Å². The molecule has 0 bridgehead atoms. The Labute approximate surface area is 236 Å². The fourth-order valence-corrected chi connectivity index (χ4v) is 5.58. The lowest BCUT2D eigenvalue weighted by Crippen LogP contribution is -2.47. The minimum absolute atomic E-state index is 0. The molecule has 0 unspecified atom stereocenters. The summed E-state index contributed by atoms with van der Waals surface area (Å²) in [6, 6.07) is 16.8. The molecule has 0 atom stereocenters. The highest BCUT2D eigenvalue weighted by Gasteiger charge is 2.20. The van der Waals surface area contributed by atoms with Crippen LogP contribution in [0.1, 0.15) is 24.1 Å². The van der Waals surface area contributed by atoms with E-state index in [1.54, 1.807) is 0 Å². The zero-order valence-electron chi connectivity index (χ0n) is 20.2. The number of carbonyl (C=O) groups is 1. The molecule has 2 aromatic heterocycles. The number of aromatic nitrogens is 2. The maximum Gasteiger partial charge on any atom is 0.258 e. The van der Waals surface area contributed by atoms with Gasteiger partial charge in [0.2, 0.25) is 0 Å². The molecule has 4 heterocycles. The van der Waals surface area contributed by atoms with Crippen molar-refractivity contribution in [2.75, 3.05) is 45.8 Å². The second-order valence-electron chi connectivity index (χ2n) is 8.73. The molecule has 0 saturated carbocycles. The highest BCUT2D eigenvalue weighted by molar-refractivity contribution is 8.04. The highest BCUT2D eigenvalue weighted by atomic mass is 35.5. The molecule has 10 heteroatoms. The molecule has 1 amide bonds. The molecule has 3 aromatic rings. The van der Waals surface area contributed by atoms with Crippen LogP contribution < -0.4 is 5.32 Å². The van der Waals surface area contributed by atoms with Crippen molar-refractivity contribution >= 4 is 66.6 Å². The monoisotopic (exact) mass is 569 g/mol. The summed E-state index contributed by atoms with van der Waals surface area (Å²) in [6.07, 6.45) is 7.12. The van der Waals surface area contributed by atoms with Crippen LogP contribution in [0.3, 0.4) is 0 Å². The molecule has 0 spiro atoms. The Morgan fingerprint density at radius 3 is 2.31 bits per heavy atom. The Morgan fingerprint density at radius 1 is 0.889 bits per heavy atom. The van der Waals surface area contributed by atoms with Crippen LogP contribution in [0.15, 0.2) is 64.7 Å². The molecule has 5 rings (SSSR count). The van der Waals surface area contributed by atoms with Gasteiger partial charge in [-0.25, -0.2) is 4.98 Å². The molecule has 1 N–H and O–H groups in total. The van der Waals surface area contributed by atoms with Crippen molar-refractivity contribution in [2.24, 2.45) is 0 Å². The number of nitrogens with zero attached hydrogens (tertiary/aromatic N) is 4. The number of piperazine rings is 1. The molecule has 2 aliphatic rings. The van der Waals surface area contributed by atoms with Crippen LogP contribution >= 0.6 is 49.0 Å². The van der Waals surface area contributed by atoms with E-state index in [2.05, 4.69) is 54.8 Å². The molecule has 0 radical (unpaired) electrons. The lowest BCUT2D eigenvalue weighted by atomic mass is 10.1. The minimum atomic E-state index is 0. The van der Waals surface area contributed by atoms with E-state index in [4.69, 9.17) is 0 Å². The Hall–Kier alpha value is -1.74. The van der Waals surface area contributed by atoms with Crippen LogP contribution in [0.2, 0.25) is 0 Å². The number of thioether (sulfide) groups is 1. The average molecular weight is 571 g/mol. The lowest BCUT2D eigenvalue weighted by Gasteiger charge is -2.34. The Morgan fingerprint density at radius 2 is 1.58 bits per heavy atom. The number of aryl methyl sites for hydroxylation is 1. The van der Waals surface area contributed by atoms with Gasteiger partial charge in [-0.2, -0.15) is 0 Å². The molecule has 1 saturated heterocycles. The van der Waals surface area contributed by atoms with Crippen LogP contribution in [0.5, 0.6) is 0 Å². The normalized spacial score (nSPS) is 15.3. The molecule has 0 aliphatic carbocycles. The molecule has 6 nitrogen and oxygen atoms in total. The van der Waals surface area contributed by atoms with E-state index >= 15 is 0 Å². The number of rotatable bonds is 9. The zero-order chi connectivity index (χ0) is 22.5. The number of amides is 1. The lowest BCUT2D eigenvalue weighted by molar-refractivity contribution is -0.116. The number of hydrogen-bond donors (Lipinski definition) is 1. The molecule has 36 heavy (non-hydrogen) atoms. The van der Waals surface area contributed by atoms with Crippen molar-refractivity contribution in [2.45, 2.75) is 24.3 Å². The number of hydrogen-bond acceptors (Lipinski definition) is 5. The summed E-state index contributed by atoms with van der Waals surface area (Å²) in [4.78, 5) is 22.9. The fourth-order valence-electron chi connectivity index (χ4n) is 4.58. The van der Waals surface area contributed by atoms with E-state index in [0.29, 0.717) is 6.54 Å². The highest BCUT2D eigenvalue weighted by Crippen LogP contribution is 2.34. The molecule has 1 aromatic carbocycles. The molecule has 196 valence electrons. The van der Waals surface area contributed by atoms with Gasteiger partial charge < -0.3 is 15.1 Å². The number of benzene rings is 1. The minimum Gasteiger partial charge on any atom is -0.352 e. The van der Waals surface area contributed by atoms with E-state index in [9.17, 15) is 4.79 Å². The zero-order valence-corrected chi connectivity index (χ0v) is 23.4. The second kappa shape index (κ2) is 14.9. The molecular weight excluding hydrogens is 537 g/mol. The van der Waals surface area contributed by atoms with Gasteiger partial charge in [-0.15, -0.1) is 37.2 Å². The molecule has 2 aliphatic heterocycles. The van der Waals surface area contributed by atoms with Gasteiger partial charge in [0.05, 0.1) is 21.8 Å². The summed E-state index contributed by atoms with van der Waals surface area (Å²) in [5.74, 6) is 0.00712. The molecule has 1 fully saturated rings. The first-order valence-electron chi connectivity index (χ1n) is 11.9. The van der Waals surface area contributed by atoms with Gasteiger partial charge >= 0.3 is 0 Å². The first-order chi connectivity index (χ1) is 16.3. The van der Waals surface area contributed by atoms with Crippen molar-refractivity contribution in [1.29, 1.82) is 0 Å². The molecular formula is C26H34Cl3N5OS. The van der Waals surface area contributed by atoms with Crippen molar-refractivity contribution in [3.8, 4) is 0 Å². The van der Waals surface area contributed by atoms with Gasteiger partial charge in [-0.3, -0.25) is 9.20 Å². The Kier molecular flexibility index (Phi) is 12.6. The summed E-state index contributed by atoms with van der Waals surface area (Å²) in [5, 5.41) is 4.14. The van der Waals surface area contributed by atoms with E-state index in [1.165, 1.54) is 30.3 Å². The van der Waals surface area contributed by atoms with Gasteiger partial charge in [-0.1, -0.05) is 48.2 Å². The maximum atomic E-state index is 12.7. The quantitative estimate of drug-likeness (QED) is 0.375. The third-order valence-electron chi connectivity index (χ3n) is 6.42. The fraction of sp³-hybridized carbons (Fsp3) is 0.385.